The minimum absolute atomic E-state index is 0.00882. The molecule has 0 aromatic heterocycles. The van der Waals surface area contributed by atoms with Crippen LogP contribution in [0.15, 0.2) is 42.5 Å². The lowest BCUT2D eigenvalue weighted by Gasteiger charge is -2.15. The normalized spacial score (nSPS) is 10.7. The Hall–Kier alpha value is -2.49. The smallest absolute Gasteiger partial charge is 0.258 e. The Morgan fingerprint density at radius 1 is 1.07 bits per heavy atom. The van der Waals surface area contributed by atoms with Crippen molar-refractivity contribution < 1.29 is 14.3 Å². The Morgan fingerprint density at radius 3 is 2.48 bits per heavy atom. The Labute approximate surface area is 162 Å². The summed E-state index contributed by atoms with van der Waals surface area (Å²) in [5, 5.41) is 2.83. The van der Waals surface area contributed by atoms with Gasteiger partial charge in [0.2, 0.25) is 0 Å². The van der Waals surface area contributed by atoms with Crippen LogP contribution in [0.2, 0.25) is 0 Å². The number of carbonyl (C=O) groups excluding carboxylic acids is 1. The number of hydrogen-bond acceptors (Lipinski definition) is 3. The highest BCUT2D eigenvalue weighted by atomic mass is 16.5. The van der Waals surface area contributed by atoms with Gasteiger partial charge in [0.25, 0.3) is 5.91 Å². The topological polar surface area (TPSA) is 47.6 Å². The van der Waals surface area contributed by atoms with Gasteiger partial charge in [0, 0.05) is 0 Å². The number of ether oxygens (including phenoxy) is 2. The molecule has 0 unspecified atom stereocenters. The Bertz CT molecular complexity index is 723. The predicted molar refractivity (Wildman–Crippen MR) is 110 cm³/mol. The summed E-state index contributed by atoms with van der Waals surface area (Å²) in [4.78, 5) is 12.0. The molecule has 0 heterocycles. The summed E-state index contributed by atoms with van der Waals surface area (Å²) < 4.78 is 11.4. The van der Waals surface area contributed by atoms with Crippen LogP contribution in [-0.2, 0) is 11.2 Å². The van der Waals surface area contributed by atoms with E-state index in [0.717, 1.165) is 35.5 Å². The lowest BCUT2D eigenvalue weighted by Crippen LogP contribution is -2.32. The van der Waals surface area contributed by atoms with Crippen LogP contribution in [0.5, 0.6) is 11.5 Å². The Balaban J connectivity index is 1.71. The molecule has 1 amide bonds. The van der Waals surface area contributed by atoms with E-state index < -0.39 is 0 Å². The number of amides is 1. The van der Waals surface area contributed by atoms with Crippen molar-refractivity contribution >= 4 is 5.91 Å². The fourth-order valence-corrected chi connectivity index (χ4v) is 2.84. The van der Waals surface area contributed by atoms with E-state index in [1.54, 1.807) is 0 Å². The van der Waals surface area contributed by atoms with E-state index in [0.29, 0.717) is 19.1 Å². The standard InChI is InChI=1S/C23H31NO3/c1-5-6-19-8-10-20(11-9-19)26-14-13-24-23(25)16-27-22-15-18(4)7-12-21(22)17(2)3/h7-12,15,17H,5-6,13-14,16H2,1-4H3,(H,24,25). The summed E-state index contributed by atoms with van der Waals surface area (Å²) in [6, 6.07) is 14.2. The van der Waals surface area contributed by atoms with Crippen molar-refractivity contribution in [2.45, 2.75) is 46.5 Å². The molecule has 0 aliphatic heterocycles. The molecule has 2 aromatic carbocycles. The van der Waals surface area contributed by atoms with Crippen LogP contribution in [0, 0.1) is 6.92 Å². The quantitative estimate of drug-likeness (QED) is 0.620. The average Bonchev–Trinajstić information content (AvgIpc) is 2.65. The number of rotatable bonds is 10. The van der Waals surface area contributed by atoms with Crippen LogP contribution in [-0.4, -0.2) is 25.7 Å². The third-order valence-corrected chi connectivity index (χ3v) is 4.30. The zero-order valence-corrected chi connectivity index (χ0v) is 16.9. The van der Waals surface area contributed by atoms with E-state index in [9.17, 15) is 4.79 Å². The van der Waals surface area contributed by atoms with E-state index in [1.807, 2.05) is 25.1 Å². The molecule has 0 radical (unpaired) electrons. The molecule has 0 saturated heterocycles. The van der Waals surface area contributed by atoms with Gasteiger partial charge in [-0.1, -0.05) is 51.5 Å². The van der Waals surface area contributed by atoms with Crippen molar-refractivity contribution in [3.05, 3.63) is 59.2 Å². The van der Waals surface area contributed by atoms with Gasteiger partial charge in [0.15, 0.2) is 6.61 Å². The predicted octanol–water partition coefficient (Wildman–Crippen LogP) is 4.64. The summed E-state index contributed by atoms with van der Waals surface area (Å²) in [7, 11) is 0. The van der Waals surface area contributed by atoms with Crippen molar-refractivity contribution in [3.8, 4) is 11.5 Å². The fourth-order valence-electron chi connectivity index (χ4n) is 2.84. The molecule has 2 rings (SSSR count). The minimum Gasteiger partial charge on any atom is -0.492 e. The number of carbonyl (C=O) groups is 1. The van der Waals surface area contributed by atoms with Gasteiger partial charge in [0.1, 0.15) is 18.1 Å². The molecule has 146 valence electrons. The lowest BCUT2D eigenvalue weighted by atomic mass is 10.0. The maximum atomic E-state index is 12.0. The van der Waals surface area contributed by atoms with Crippen molar-refractivity contribution in [1.82, 2.24) is 5.32 Å². The van der Waals surface area contributed by atoms with Gasteiger partial charge in [-0.15, -0.1) is 0 Å². The summed E-state index contributed by atoms with van der Waals surface area (Å²) in [5.74, 6) is 1.80. The highest BCUT2D eigenvalue weighted by Gasteiger charge is 2.10. The van der Waals surface area contributed by atoms with Crippen LogP contribution in [0.4, 0.5) is 0 Å². The van der Waals surface area contributed by atoms with Crippen molar-refractivity contribution in [2.75, 3.05) is 19.8 Å². The van der Waals surface area contributed by atoms with Crippen LogP contribution in [0.25, 0.3) is 0 Å². The molecular weight excluding hydrogens is 338 g/mol. The van der Waals surface area contributed by atoms with Gasteiger partial charge in [0.05, 0.1) is 6.54 Å². The van der Waals surface area contributed by atoms with Gasteiger partial charge in [-0.25, -0.2) is 0 Å². The maximum Gasteiger partial charge on any atom is 0.258 e. The van der Waals surface area contributed by atoms with Crippen molar-refractivity contribution in [3.63, 3.8) is 0 Å². The van der Waals surface area contributed by atoms with E-state index in [1.165, 1.54) is 5.56 Å². The number of hydrogen-bond donors (Lipinski definition) is 1. The largest absolute Gasteiger partial charge is 0.492 e. The van der Waals surface area contributed by atoms with Crippen molar-refractivity contribution in [2.24, 2.45) is 0 Å². The van der Waals surface area contributed by atoms with Gasteiger partial charge in [-0.3, -0.25) is 4.79 Å². The van der Waals surface area contributed by atoms with Crippen LogP contribution < -0.4 is 14.8 Å². The molecule has 1 N–H and O–H groups in total. The highest BCUT2D eigenvalue weighted by Crippen LogP contribution is 2.27. The second-order valence-corrected chi connectivity index (χ2v) is 7.08. The molecule has 2 aromatic rings. The summed E-state index contributed by atoms with van der Waals surface area (Å²) in [6.45, 7) is 9.30. The minimum atomic E-state index is -0.145. The molecule has 4 heteroatoms. The highest BCUT2D eigenvalue weighted by molar-refractivity contribution is 5.77. The third-order valence-electron chi connectivity index (χ3n) is 4.30. The van der Waals surface area contributed by atoms with E-state index >= 15 is 0 Å². The van der Waals surface area contributed by atoms with E-state index in [4.69, 9.17) is 9.47 Å². The maximum absolute atomic E-state index is 12.0. The SMILES string of the molecule is CCCc1ccc(OCCNC(=O)COc2cc(C)ccc2C(C)C)cc1. The first-order valence-corrected chi connectivity index (χ1v) is 9.71. The van der Waals surface area contributed by atoms with Gasteiger partial charge >= 0.3 is 0 Å². The molecule has 4 nitrogen and oxygen atoms in total. The first-order valence-electron chi connectivity index (χ1n) is 9.71. The van der Waals surface area contributed by atoms with Crippen molar-refractivity contribution in [1.29, 1.82) is 0 Å². The second kappa shape index (κ2) is 10.6. The second-order valence-electron chi connectivity index (χ2n) is 7.08. The Kier molecular flexibility index (Phi) is 8.18. The molecule has 0 bridgehead atoms. The fraction of sp³-hybridized carbons (Fsp3) is 0.435. The third kappa shape index (κ3) is 6.97. The molecule has 0 saturated carbocycles. The summed E-state index contributed by atoms with van der Waals surface area (Å²) in [6.07, 6.45) is 2.21. The van der Waals surface area contributed by atoms with Gasteiger partial charge in [-0.05, 0) is 54.2 Å². The van der Waals surface area contributed by atoms with E-state index in [2.05, 4.69) is 50.4 Å². The molecule has 27 heavy (non-hydrogen) atoms. The summed E-state index contributed by atoms with van der Waals surface area (Å²) >= 11 is 0. The van der Waals surface area contributed by atoms with Gasteiger partial charge < -0.3 is 14.8 Å². The van der Waals surface area contributed by atoms with Gasteiger partial charge in [-0.2, -0.15) is 0 Å². The lowest BCUT2D eigenvalue weighted by molar-refractivity contribution is -0.123. The van der Waals surface area contributed by atoms with Crippen LogP contribution in [0.1, 0.15) is 49.8 Å². The van der Waals surface area contributed by atoms with E-state index in [-0.39, 0.29) is 12.5 Å². The van der Waals surface area contributed by atoms with Crippen LogP contribution in [0.3, 0.4) is 0 Å². The zero-order valence-electron chi connectivity index (χ0n) is 16.9. The molecule has 0 spiro atoms. The number of benzene rings is 2. The molecule has 0 atom stereocenters. The first-order chi connectivity index (χ1) is 13.0. The summed E-state index contributed by atoms with van der Waals surface area (Å²) in [5.41, 5.74) is 3.55. The molecule has 0 fully saturated rings. The number of nitrogens with one attached hydrogen (secondary N) is 1. The molecule has 0 aliphatic carbocycles. The molecule has 0 aliphatic rings. The van der Waals surface area contributed by atoms with Crippen LogP contribution >= 0.6 is 0 Å². The first kappa shape index (κ1) is 20.8. The average molecular weight is 370 g/mol. The monoisotopic (exact) mass is 369 g/mol. The zero-order chi connectivity index (χ0) is 19.6. The number of aryl methyl sites for hydroxylation is 2. The molecular formula is C23H31NO3. The Morgan fingerprint density at radius 2 is 1.81 bits per heavy atom.